The number of aromatic nitrogens is 1. The zero-order valence-electron chi connectivity index (χ0n) is 11.5. The molecule has 0 radical (unpaired) electrons. The van der Waals surface area contributed by atoms with Crippen molar-refractivity contribution in [1.82, 2.24) is 9.27 Å². The number of hydrogen-bond donors (Lipinski definition) is 2. The number of carbonyl (C=O) groups is 1. The first-order valence-corrected chi connectivity index (χ1v) is 7.11. The van der Waals surface area contributed by atoms with E-state index in [2.05, 4.69) is 28.6 Å². The van der Waals surface area contributed by atoms with Gasteiger partial charge in [-0.1, -0.05) is 0 Å². The number of rotatable bonds is 6. The van der Waals surface area contributed by atoms with Crippen LogP contribution in [0.1, 0.15) is 30.1 Å². The lowest BCUT2D eigenvalue weighted by molar-refractivity contribution is 0.0603. The number of nitrogen functional groups attached to an aromatic ring is 1. The highest BCUT2D eigenvalue weighted by Crippen LogP contribution is 2.29. The van der Waals surface area contributed by atoms with Crippen LogP contribution in [0.15, 0.2) is 0 Å². The molecule has 1 saturated carbocycles. The summed E-state index contributed by atoms with van der Waals surface area (Å²) >= 11 is 1.19. The summed E-state index contributed by atoms with van der Waals surface area (Å²) in [5.41, 5.74) is 6.03. The van der Waals surface area contributed by atoms with Crippen molar-refractivity contribution in [3.8, 4) is 0 Å². The molecule has 1 aliphatic carbocycles. The van der Waals surface area contributed by atoms with Crippen LogP contribution in [0.2, 0.25) is 0 Å². The predicted octanol–water partition coefficient (Wildman–Crippen LogP) is 1.41. The predicted molar refractivity (Wildman–Crippen MR) is 76.6 cm³/mol. The molecule has 1 heterocycles. The van der Waals surface area contributed by atoms with Crippen molar-refractivity contribution in [1.29, 1.82) is 0 Å². The lowest BCUT2D eigenvalue weighted by atomic mass is 10.2. The van der Waals surface area contributed by atoms with E-state index in [1.54, 1.807) is 0 Å². The summed E-state index contributed by atoms with van der Waals surface area (Å²) in [6.45, 7) is 2.91. The largest absolute Gasteiger partial charge is 0.465 e. The van der Waals surface area contributed by atoms with Crippen molar-refractivity contribution in [2.45, 2.75) is 31.8 Å². The average Bonchev–Trinajstić information content (AvgIpc) is 3.18. The van der Waals surface area contributed by atoms with Gasteiger partial charge in [-0.05, 0) is 38.3 Å². The summed E-state index contributed by atoms with van der Waals surface area (Å²) in [4.78, 5) is 14.0. The molecule has 0 amide bonds. The highest BCUT2D eigenvalue weighted by atomic mass is 32.1. The second kappa shape index (κ2) is 5.75. The SMILES string of the molecule is COC(=O)c1c(N)nsc1NCC(C)N(C)C1CC1. The Morgan fingerprint density at radius 1 is 1.68 bits per heavy atom. The maximum Gasteiger partial charge on any atom is 0.344 e. The zero-order chi connectivity index (χ0) is 14.0. The number of nitrogens with one attached hydrogen (secondary N) is 1. The van der Waals surface area contributed by atoms with Crippen molar-refractivity contribution in [3.63, 3.8) is 0 Å². The Morgan fingerprint density at radius 2 is 2.37 bits per heavy atom. The standard InChI is InChI=1S/C12H20N4O2S/c1-7(16(2)8-4-5-8)6-14-11-9(12(17)18-3)10(13)15-19-11/h7-8,14H,4-6H2,1-3H3,(H2,13,15). The van der Waals surface area contributed by atoms with Crippen LogP contribution in [0.4, 0.5) is 10.8 Å². The molecule has 1 aromatic heterocycles. The Balaban J connectivity index is 1.97. The molecular formula is C12H20N4O2S. The highest BCUT2D eigenvalue weighted by Gasteiger charge is 2.29. The van der Waals surface area contributed by atoms with Gasteiger partial charge in [0.15, 0.2) is 5.82 Å². The number of nitrogens with zero attached hydrogens (tertiary/aromatic N) is 2. The summed E-state index contributed by atoms with van der Waals surface area (Å²) in [6, 6.07) is 1.10. The summed E-state index contributed by atoms with van der Waals surface area (Å²) in [5, 5.41) is 3.93. The minimum atomic E-state index is -0.447. The molecule has 0 spiro atoms. The number of anilines is 2. The molecule has 1 aliphatic rings. The van der Waals surface area contributed by atoms with Gasteiger partial charge in [-0.25, -0.2) is 4.79 Å². The van der Waals surface area contributed by atoms with Crippen LogP contribution in [0, 0.1) is 0 Å². The number of methoxy groups -OCH3 is 1. The third kappa shape index (κ3) is 3.16. The molecule has 0 aliphatic heterocycles. The first-order valence-electron chi connectivity index (χ1n) is 6.33. The van der Waals surface area contributed by atoms with Crippen molar-refractivity contribution in [2.24, 2.45) is 0 Å². The second-order valence-electron chi connectivity index (χ2n) is 4.89. The van der Waals surface area contributed by atoms with Crippen molar-refractivity contribution >= 4 is 28.3 Å². The van der Waals surface area contributed by atoms with Crippen molar-refractivity contribution in [2.75, 3.05) is 31.8 Å². The van der Waals surface area contributed by atoms with E-state index in [4.69, 9.17) is 10.5 Å². The lowest BCUT2D eigenvalue weighted by Gasteiger charge is -2.24. The topological polar surface area (TPSA) is 80.5 Å². The monoisotopic (exact) mass is 284 g/mol. The molecule has 0 aromatic carbocycles. The minimum Gasteiger partial charge on any atom is -0.465 e. The molecule has 0 saturated heterocycles. The molecule has 106 valence electrons. The quantitative estimate of drug-likeness (QED) is 0.769. The van der Waals surface area contributed by atoms with Crippen LogP contribution in [0.25, 0.3) is 0 Å². The van der Waals surface area contributed by atoms with Crippen LogP contribution >= 0.6 is 11.5 Å². The van der Waals surface area contributed by atoms with Gasteiger partial charge in [-0.2, -0.15) is 4.37 Å². The fourth-order valence-corrected chi connectivity index (χ4v) is 2.66. The molecule has 1 aromatic rings. The van der Waals surface area contributed by atoms with Gasteiger partial charge in [0.25, 0.3) is 0 Å². The molecule has 6 nitrogen and oxygen atoms in total. The van der Waals surface area contributed by atoms with Gasteiger partial charge in [-0.3, -0.25) is 4.90 Å². The first kappa shape index (κ1) is 14.1. The Morgan fingerprint density at radius 3 is 2.95 bits per heavy atom. The normalized spacial score (nSPS) is 16.4. The molecule has 2 rings (SSSR count). The first-order chi connectivity index (χ1) is 9.04. The molecule has 1 atom stereocenters. The van der Waals surface area contributed by atoms with Crippen molar-refractivity contribution < 1.29 is 9.53 Å². The smallest absolute Gasteiger partial charge is 0.344 e. The third-order valence-corrected chi connectivity index (χ3v) is 4.30. The molecule has 7 heteroatoms. The molecule has 1 unspecified atom stereocenters. The minimum absolute atomic E-state index is 0.225. The van der Waals surface area contributed by atoms with E-state index in [-0.39, 0.29) is 5.82 Å². The Hall–Kier alpha value is -1.34. The van der Waals surface area contributed by atoms with Gasteiger partial charge in [0.2, 0.25) is 0 Å². The second-order valence-corrected chi connectivity index (χ2v) is 5.66. The highest BCUT2D eigenvalue weighted by molar-refractivity contribution is 7.11. The number of nitrogens with two attached hydrogens (primary N) is 1. The number of hydrogen-bond acceptors (Lipinski definition) is 7. The van der Waals surface area contributed by atoms with Crippen LogP contribution in [0.3, 0.4) is 0 Å². The average molecular weight is 284 g/mol. The molecular weight excluding hydrogens is 264 g/mol. The zero-order valence-corrected chi connectivity index (χ0v) is 12.3. The van der Waals surface area contributed by atoms with E-state index < -0.39 is 5.97 Å². The van der Waals surface area contributed by atoms with Crippen LogP contribution in [-0.4, -0.2) is 48.0 Å². The summed E-state index contributed by atoms with van der Waals surface area (Å²) in [5.74, 6) is -0.223. The molecule has 3 N–H and O–H groups in total. The van der Waals surface area contributed by atoms with Gasteiger partial charge in [0.1, 0.15) is 10.6 Å². The van der Waals surface area contributed by atoms with Crippen LogP contribution in [0.5, 0.6) is 0 Å². The molecule has 1 fully saturated rings. The van der Waals surface area contributed by atoms with Crippen molar-refractivity contribution in [3.05, 3.63) is 5.56 Å². The van der Waals surface area contributed by atoms with E-state index in [1.165, 1.54) is 31.5 Å². The molecule has 19 heavy (non-hydrogen) atoms. The number of ether oxygens (including phenoxy) is 1. The Kier molecular flexibility index (Phi) is 4.26. The maximum absolute atomic E-state index is 11.6. The van der Waals surface area contributed by atoms with E-state index in [1.807, 2.05) is 0 Å². The Bertz CT molecular complexity index is 459. The van der Waals surface area contributed by atoms with Gasteiger partial charge < -0.3 is 15.8 Å². The fourth-order valence-electron chi connectivity index (χ4n) is 1.95. The van der Waals surface area contributed by atoms with E-state index in [0.29, 0.717) is 22.6 Å². The maximum atomic E-state index is 11.6. The van der Waals surface area contributed by atoms with Gasteiger partial charge in [0.05, 0.1) is 7.11 Å². The van der Waals surface area contributed by atoms with E-state index in [9.17, 15) is 4.79 Å². The van der Waals surface area contributed by atoms with Gasteiger partial charge >= 0.3 is 5.97 Å². The fraction of sp³-hybridized carbons (Fsp3) is 0.667. The van der Waals surface area contributed by atoms with E-state index in [0.717, 1.165) is 6.54 Å². The number of likely N-dealkylation sites (N-methyl/N-ethyl adjacent to an activating group) is 1. The lowest BCUT2D eigenvalue weighted by Crippen LogP contribution is -2.36. The summed E-state index contributed by atoms with van der Waals surface area (Å²) < 4.78 is 8.71. The third-order valence-electron chi connectivity index (χ3n) is 3.48. The molecule has 0 bridgehead atoms. The number of carbonyl (C=O) groups excluding carboxylic acids is 1. The summed E-state index contributed by atoms with van der Waals surface area (Å²) in [7, 11) is 3.47. The number of esters is 1. The van der Waals surface area contributed by atoms with Crippen LogP contribution < -0.4 is 11.1 Å². The van der Waals surface area contributed by atoms with E-state index >= 15 is 0 Å². The summed E-state index contributed by atoms with van der Waals surface area (Å²) in [6.07, 6.45) is 2.56. The Labute approximate surface area is 117 Å². The van der Waals surface area contributed by atoms with Gasteiger partial charge in [0, 0.05) is 18.6 Å². The van der Waals surface area contributed by atoms with Gasteiger partial charge in [-0.15, -0.1) is 0 Å². The van der Waals surface area contributed by atoms with Crippen LogP contribution in [-0.2, 0) is 4.74 Å².